The summed E-state index contributed by atoms with van der Waals surface area (Å²) >= 11 is 5.85. The van der Waals surface area contributed by atoms with Gasteiger partial charge in [-0.25, -0.2) is 0 Å². The summed E-state index contributed by atoms with van der Waals surface area (Å²) < 4.78 is 15.3. The van der Waals surface area contributed by atoms with E-state index < -0.39 is 6.29 Å². The molecule has 0 atom stereocenters. The second-order valence-corrected chi connectivity index (χ2v) is 3.34. The summed E-state index contributed by atoms with van der Waals surface area (Å²) in [6, 6.07) is 7.01. The molecule has 1 rings (SSSR count). The third kappa shape index (κ3) is 3.11. The van der Waals surface area contributed by atoms with Crippen molar-refractivity contribution in [1.82, 2.24) is 0 Å². The normalized spacial score (nSPS) is 10.2. The summed E-state index contributed by atoms with van der Waals surface area (Å²) in [6.45, 7) is 0.196. The Labute approximate surface area is 99.3 Å². The molecular formula is C11H12ClNO3. The lowest BCUT2D eigenvalue weighted by Crippen LogP contribution is -2.22. The first-order valence-corrected chi connectivity index (χ1v) is 4.97. The van der Waals surface area contributed by atoms with Crippen LogP contribution in [0.2, 0.25) is 5.02 Å². The van der Waals surface area contributed by atoms with E-state index in [-0.39, 0.29) is 6.61 Å². The van der Waals surface area contributed by atoms with Crippen molar-refractivity contribution in [1.29, 1.82) is 5.26 Å². The number of hydrogen-bond acceptors (Lipinski definition) is 4. The quantitative estimate of drug-likeness (QED) is 0.742. The van der Waals surface area contributed by atoms with Gasteiger partial charge < -0.3 is 14.2 Å². The van der Waals surface area contributed by atoms with Gasteiger partial charge in [0.25, 0.3) is 0 Å². The first kappa shape index (κ1) is 12.8. The third-order valence-electron chi connectivity index (χ3n) is 1.99. The maximum absolute atomic E-state index is 8.90. The highest BCUT2D eigenvalue weighted by Crippen LogP contribution is 2.25. The smallest absolute Gasteiger partial charge is 0.191 e. The zero-order chi connectivity index (χ0) is 12.0. The van der Waals surface area contributed by atoms with Crippen LogP contribution in [-0.2, 0) is 9.47 Å². The lowest BCUT2D eigenvalue weighted by atomic mass is 10.2. The molecule has 4 nitrogen and oxygen atoms in total. The average molecular weight is 242 g/mol. The van der Waals surface area contributed by atoms with E-state index in [0.717, 1.165) is 0 Å². The number of nitrogens with zero attached hydrogens (tertiary/aromatic N) is 1. The molecule has 0 aliphatic carbocycles. The zero-order valence-electron chi connectivity index (χ0n) is 9.07. The van der Waals surface area contributed by atoms with Gasteiger partial charge in [-0.15, -0.1) is 0 Å². The summed E-state index contributed by atoms with van der Waals surface area (Å²) in [5.74, 6) is 0.425. The van der Waals surface area contributed by atoms with Crippen LogP contribution in [0.5, 0.6) is 5.75 Å². The summed E-state index contributed by atoms with van der Waals surface area (Å²) in [6.07, 6.45) is -0.467. The molecule has 0 heterocycles. The molecule has 0 amide bonds. The number of halogens is 1. The molecule has 0 spiro atoms. The standard InChI is InChI=1S/C11H12ClNO3/c1-14-11(15-2)7-16-10-5-3-4-9(12)8(10)6-13/h3-5,11H,7H2,1-2H3. The van der Waals surface area contributed by atoms with Crippen molar-refractivity contribution in [2.24, 2.45) is 0 Å². The number of benzene rings is 1. The summed E-state index contributed by atoms with van der Waals surface area (Å²) in [4.78, 5) is 0. The number of nitriles is 1. The molecule has 5 heteroatoms. The maximum Gasteiger partial charge on any atom is 0.191 e. The first-order chi connectivity index (χ1) is 7.72. The van der Waals surface area contributed by atoms with E-state index in [1.54, 1.807) is 18.2 Å². The van der Waals surface area contributed by atoms with E-state index in [9.17, 15) is 0 Å². The highest BCUT2D eigenvalue weighted by molar-refractivity contribution is 6.31. The van der Waals surface area contributed by atoms with Crippen LogP contribution in [0.3, 0.4) is 0 Å². The van der Waals surface area contributed by atoms with Crippen LogP contribution in [0.25, 0.3) is 0 Å². The van der Waals surface area contributed by atoms with E-state index in [1.165, 1.54) is 14.2 Å². The summed E-state index contributed by atoms with van der Waals surface area (Å²) in [5, 5.41) is 9.27. The molecule has 0 N–H and O–H groups in total. The van der Waals surface area contributed by atoms with Crippen molar-refractivity contribution < 1.29 is 14.2 Å². The molecule has 0 aliphatic rings. The molecule has 1 aromatic carbocycles. The summed E-state index contributed by atoms with van der Waals surface area (Å²) in [5.41, 5.74) is 0.315. The van der Waals surface area contributed by atoms with Gasteiger partial charge in [0.05, 0.1) is 5.02 Å². The van der Waals surface area contributed by atoms with Crippen LogP contribution < -0.4 is 4.74 Å². The van der Waals surface area contributed by atoms with Gasteiger partial charge >= 0.3 is 0 Å². The molecule has 0 aliphatic heterocycles. The largest absolute Gasteiger partial charge is 0.487 e. The monoisotopic (exact) mass is 241 g/mol. The third-order valence-corrected chi connectivity index (χ3v) is 2.30. The molecular weight excluding hydrogens is 230 g/mol. The van der Waals surface area contributed by atoms with Crippen LogP contribution in [0.15, 0.2) is 18.2 Å². The highest BCUT2D eigenvalue weighted by atomic mass is 35.5. The SMILES string of the molecule is COC(COc1cccc(Cl)c1C#N)OC. The highest BCUT2D eigenvalue weighted by Gasteiger charge is 2.10. The predicted molar refractivity (Wildman–Crippen MR) is 59.5 cm³/mol. The van der Waals surface area contributed by atoms with E-state index in [4.69, 9.17) is 31.1 Å². The topological polar surface area (TPSA) is 51.5 Å². The Morgan fingerprint density at radius 3 is 2.62 bits per heavy atom. The van der Waals surface area contributed by atoms with Crippen LogP contribution in [0.4, 0.5) is 0 Å². The number of methoxy groups -OCH3 is 2. The first-order valence-electron chi connectivity index (χ1n) is 4.60. The minimum atomic E-state index is -0.467. The van der Waals surface area contributed by atoms with Crippen molar-refractivity contribution in [3.63, 3.8) is 0 Å². The minimum absolute atomic E-state index is 0.196. The number of hydrogen-bond donors (Lipinski definition) is 0. The Bertz CT molecular complexity index is 385. The Morgan fingerprint density at radius 1 is 1.38 bits per heavy atom. The Hall–Kier alpha value is -1.28. The summed E-state index contributed by atoms with van der Waals surface area (Å²) in [7, 11) is 3.03. The van der Waals surface area contributed by atoms with Crippen LogP contribution >= 0.6 is 11.6 Å². The lowest BCUT2D eigenvalue weighted by molar-refractivity contribution is -0.122. The average Bonchev–Trinajstić information content (AvgIpc) is 2.30. The molecule has 0 saturated heterocycles. The van der Waals surface area contributed by atoms with Gasteiger partial charge in [-0.2, -0.15) is 5.26 Å². The second-order valence-electron chi connectivity index (χ2n) is 2.94. The molecule has 0 fully saturated rings. The van der Waals surface area contributed by atoms with E-state index in [0.29, 0.717) is 16.3 Å². The van der Waals surface area contributed by atoms with Crippen molar-refractivity contribution >= 4 is 11.6 Å². The fourth-order valence-electron chi connectivity index (χ4n) is 1.12. The van der Waals surface area contributed by atoms with E-state index in [2.05, 4.69) is 0 Å². The van der Waals surface area contributed by atoms with Gasteiger partial charge in [0.15, 0.2) is 6.29 Å². The Morgan fingerprint density at radius 2 is 2.06 bits per heavy atom. The van der Waals surface area contributed by atoms with Gasteiger partial charge in [-0.1, -0.05) is 17.7 Å². The van der Waals surface area contributed by atoms with Gasteiger partial charge in [0, 0.05) is 14.2 Å². The fraction of sp³-hybridized carbons (Fsp3) is 0.364. The molecule has 1 aromatic rings. The van der Waals surface area contributed by atoms with Gasteiger partial charge in [-0.05, 0) is 12.1 Å². The van der Waals surface area contributed by atoms with Gasteiger partial charge in [-0.3, -0.25) is 0 Å². The molecule has 0 radical (unpaired) electrons. The lowest BCUT2D eigenvalue weighted by Gasteiger charge is -2.15. The minimum Gasteiger partial charge on any atom is -0.487 e. The Balaban J connectivity index is 2.74. The molecule has 0 unspecified atom stereocenters. The number of ether oxygens (including phenoxy) is 3. The van der Waals surface area contributed by atoms with Crippen LogP contribution in [-0.4, -0.2) is 27.1 Å². The van der Waals surface area contributed by atoms with Crippen LogP contribution in [0, 0.1) is 11.3 Å². The molecule has 86 valence electrons. The van der Waals surface area contributed by atoms with Gasteiger partial charge in [0.1, 0.15) is 24.0 Å². The fourth-order valence-corrected chi connectivity index (χ4v) is 1.33. The van der Waals surface area contributed by atoms with E-state index >= 15 is 0 Å². The molecule has 0 bridgehead atoms. The van der Waals surface area contributed by atoms with Gasteiger partial charge in [0.2, 0.25) is 0 Å². The second kappa shape index (κ2) is 6.33. The van der Waals surface area contributed by atoms with Crippen molar-refractivity contribution in [2.45, 2.75) is 6.29 Å². The Kier molecular flexibility index (Phi) is 5.06. The van der Waals surface area contributed by atoms with E-state index in [1.807, 2.05) is 6.07 Å². The predicted octanol–water partition coefficient (Wildman–Crippen LogP) is 2.21. The zero-order valence-corrected chi connectivity index (χ0v) is 9.82. The molecule has 16 heavy (non-hydrogen) atoms. The van der Waals surface area contributed by atoms with Crippen molar-refractivity contribution in [3.05, 3.63) is 28.8 Å². The molecule has 0 aromatic heterocycles. The van der Waals surface area contributed by atoms with Crippen molar-refractivity contribution in [2.75, 3.05) is 20.8 Å². The van der Waals surface area contributed by atoms with Crippen LogP contribution in [0.1, 0.15) is 5.56 Å². The number of rotatable bonds is 5. The maximum atomic E-state index is 8.90. The molecule has 0 saturated carbocycles. The van der Waals surface area contributed by atoms with Crippen molar-refractivity contribution in [3.8, 4) is 11.8 Å².